The quantitative estimate of drug-likeness (QED) is 0.365. The van der Waals surface area contributed by atoms with Crippen molar-refractivity contribution in [2.24, 2.45) is 7.05 Å². The van der Waals surface area contributed by atoms with Crippen LogP contribution in [0.15, 0.2) is 42.6 Å². The Morgan fingerprint density at radius 1 is 1.11 bits per heavy atom. The minimum absolute atomic E-state index is 0.0833. The van der Waals surface area contributed by atoms with Crippen molar-refractivity contribution < 1.29 is 31.8 Å². The lowest BCUT2D eigenvalue weighted by Crippen LogP contribution is -2.40. The van der Waals surface area contributed by atoms with Gasteiger partial charge in [-0.25, -0.2) is 18.4 Å². The number of halogens is 5. The summed E-state index contributed by atoms with van der Waals surface area (Å²) in [6.07, 6.45) is -2.29. The number of hydrogen-bond acceptors (Lipinski definition) is 6. The van der Waals surface area contributed by atoms with E-state index >= 15 is 0 Å². The molecule has 7 nitrogen and oxygen atoms in total. The van der Waals surface area contributed by atoms with Gasteiger partial charge in [-0.3, -0.25) is 0 Å². The third-order valence-electron chi connectivity index (χ3n) is 6.39. The summed E-state index contributed by atoms with van der Waals surface area (Å²) in [6, 6.07) is 10.1. The first-order valence-electron chi connectivity index (χ1n) is 11.5. The number of phenolic OH excluding ortho intramolecular Hbond substituents is 1. The minimum atomic E-state index is -5.15. The summed E-state index contributed by atoms with van der Waals surface area (Å²) >= 11 is 0. The van der Waals surface area contributed by atoms with Crippen LogP contribution < -0.4 is 4.90 Å². The summed E-state index contributed by atoms with van der Waals surface area (Å²) < 4.78 is 75.6. The van der Waals surface area contributed by atoms with Crippen LogP contribution in [0.5, 0.6) is 5.75 Å². The Kier molecular flexibility index (Phi) is 6.44. The fourth-order valence-electron chi connectivity index (χ4n) is 4.51. The summed E-state index contributed by atoms with van der Waals surface area (Å²) in [5.74, 6) is -4.99. The minimum Gasteiger partial charge on any atom is -0.503 e. The number of aryl methyl sites for hydroxylation is 1. The highest BCUT2D eigenvalue weighted by Gasteiger charge is 2.38. The summed E-state index contributed by atoms with van der Waals surface area (Å²) in [6.45, 7) is 1.68. The van der Waals surface area contributed by atoms with Crippen molar-refractivity contribution in [1.29, 1.82) is 0 Å². The van der Waals surface area contributed by atoms with E-state index in [9.17, 15) is 27.1 Å². The standard InChI is InChI=1S/C25H22F5N5O2/c1-34-23-17(21(33-34)16-11-18(25(28,29)30)20(27)22(36)19(16)26)12-31-24(32-23)35(15-7-9-37-10-8-15)13-14-5-3-2-4-6-14/h2-6,11-12,15,36H,7-10,13H2,1H3. The van der Waals surface area contributed by atoms with Crippen LogP contribution in [0.4, 0.5) is 27.9 Å². The molecule has 194 valence electrons. The average molecular weight is 519 g/mol. The van der Waals surface area contributed by atoms with Gasteiger partial charge in [0.25, 0.3) is 0 Å². The number of ether oxygens (including phenoxy) is 1. The Morgan fingerprint density at radius 2 is 1.81 bits per heavy atom. The SMILES string of the molecule is Cn1nc(-c2cc(C(F)(F)F)c(F)c(O)c2F)c2cnc(N(Cc3ccccc3)C3CCOCC3)nc21. The zero-order chi connectivity index (χ0) is 26.3. The number of rotatable bonds is 5. The van der Waals surface area contributed by atoms with E-state index in [1.807, 2.05) is 35.2 Å². The average Bonchev–Trinajstić information content (AvgIpc) is 3.22. The molecule has 0 spiro atoms. The van der Waals surface area contributed by atoms with Gasteiger partial charge in [0.2, 0.25) is 5.95 Å². The maximum absolute atomic E-state index is 14.8. The lowest BCUT2D eigenvalue weighted by atomic mass is 10.0. The second-order valence-corrected chi connectivity index (χ2v) is 8.78. The van der Waals surface area contributed by atoms with E-state index in [1.54, 1.807) is 0 Å². The van der Waals surface area contributed by atoms with Gasteiger partial charge < -0.3 is 14.7 Å². The van der Waals surface area contributed by atoms with Gasteiger partial charge in [0.1, 0.15) is 5.69 Å². The van der Waals surface area contributed by atoms with Crippen molar-refractivity contribution in [3.05, 3.63) is 65.4 Å². The van der Waals surface area contributed by atoms with E-state index in [-0.39, 0.29) is 22.8 Å². The molecule has 1 aliphatic rings. The number of phenols is 1. The van der Waals surface area contributed by atoms with E-state index in [1.165, 1.54) is 17.9 Å². The van der Waals surface area contributed by atoms with Crippen LogP contribution in [0.2, 0.25) is 0 Å². The summed E-state index contributed by atoms with van der Waals surface area (Å²) in [5.41, 5.74) is -1.48. The molecule has 3 heterocycles. The highest BCUT2D eigenvalue weighted by Crippen LogP contribution is 2.41. The third kappa shape index (κ3) is 4.68. The van der Waals surface area contributed by atoms with Gasteiger partial charge in [-0.05, 0) is 24.5 Å². The number of alkyl halides is 3. The van der Waals surface area contributed by atoms with Crippen LogP contribution >= 0.6 is 0 Å². The Morgan fingerprint density at radius 3 is 2.49 bits per heavy atom. The normalized spacial score (nSPS) is 14.9. The predicted octanol–water partition coefficient (Wildman–Crippen LogP) is 5.22. The van der Waals surface area contributed by atoms with Crippen molar-refractivity contribution in [3.8, 4) is 17.0 Å². The summed E-state index contributed by atoms with van der Waals surface area (Å²) in [7, 11) is 1.50. The van der Waals surface area contributed by atoms with E-state index in [0.717, 1.165) is 18.4 Å². The maximum Gasteiger partial charge on any atom is 0.419 e. The number of aromatic hydroxyl groups is 1. The molecule has 1 N–H and O–H groups in total. The Labute approximate surface area is 208 Å². The number of hydrogen-bond donors (Lipinski definition) is 1. The number of anilines is 1. The number of nitrogens with zero attached hydrogens (tertiary/aromatic N) is 5. The van der Waals surface area contributed by atoms with Crippen LogP contribution in [0.25, 0.3) is 22.3 Å². The van der Waals surface area contributed by atoms with Crippen molar-refractivity contribution in [2.45, 2.75) is 31.6 Å². The molecule has 37 heavy (non-hydrogen) atoms. The largest absolute Gasteiger partial charge is 0.503 e. The Hall–Kier alpha value is -3.80. The lowest BCUT2D eigenvalue weighted by molar-refractivity contribution is -0.140. The zero-order valence-electron chi connectivity index (χ0n) is 19.6. The number of fused-ring (bicyclic) bond motifs is 1. The third-order valence-corrected chi connectivity index (χ3v) is 6.39. The van der Waals surface area contributed by atoms with E-state index in [4.69, 9.17) is 4.74 Å². The van der Waals surface area contributed by atoms with Gasteiger partial charge >= 0.3 is 6.18 Å². The second kappa shape index (κ2) is 9.58. The van der Waals surface area contributed by atoms with Crippen molar-refractivity contribution in [1.82, 2.24) is 19.7 Å². The van der Waals surface area contributed by atoms with Gasteiger partial charge in [0, 0.05) is 44.6 Å². The van der Waals surface area contributed by atoms with E-state index in [0.29, 0.717) is 31.8 Å². The second-order valence-electron chi connectivity index (χ2n) is 8.78. The molecule has 1 aliphatic heterocycles. The monoisotopic (exact) mass is 519 g/mol. The van der Waals surface area contributed by atoms with Gasteiger partial charge in [-0.2, -0.15) is 23.3 Å². The number of benzene rings is 2. The maximum atomic E-state index is 14.8. The first kappa shape index (κ1) is 24.9. The van der Waals surface area contributed by atoms with E-state index < -0.39 is 34.7 Å². The highest BCUT2D eigenvalue weighted by atomic mass is 19.4. The molecule has 0 aliphatic carbocycles. The van der Waals surface area contributed by atoms with Gasteiger partial charge in [-0.15, -0.1) is 0 Å². The molecule has 0 unspecified atom stereocenters. The van der Waals surface area contributed by atoms with Crippen LogP contribution in [-0.4, -0.2) is 44.1 Å². The molecule has 2 aromatic heterocycles. The van der Waals surface area contributed by atoms with Crippen LogP contribution in [-0.2, 0) is 24.5 Å². The molecule has 5 rings (SSSR count). The predicted molar refractivity (Wildman–Crippen MR) is 125 cm³/mol. The molecule has 1 saturated heterocycles. The molecule has 12 heteroatoms. The Bertz CT molecular complexity index is 1440. The van der Waals surface area contributed by atoms with Crippen molar-refractivity contribution in [3.63, 3.8) is 0 Å². The molecule has 0 amide bonds. The molecule has 0 bridgehead atoms. The van der Waals surface area contributed by atoms with Gasteiger partial charge in [0.15, 0.2) is 23.0 Å². The lowest BCUT2D eigenvalue weighted by Gasteiger charge is -2.34. The molecule has 4 aromatic rings. The van der Waals surface area contributed by atoms with Crippen molar-refractivity contribution >= 4 is 17.0 Å². The summed E-state index contributed by atoms with van der Waals surface area (Å²) in [4.78, 5) is 11.1. The smallest absolute Gasteiger partial charge is 0.419 e. The highest BCUT2D eigenvalue weighted by molar-refractivity contribution is 5.91. The molecule has 2 aromatic carbocycles. The molecule has 1 fully saturated rings. The van der Waals surface area contributed by atoms with Crippen molar-refractivity contribution in [2.75, 3.05) is 18.1 Å². The fraction of sp³-hybridized carbons (Fsp3) is 0.320. The van der Waals surface area contributed by atoms with Crippen LogP contribution in [0.3, 0.4) is 0 Å². The van der Waals surface area contributed by atoms with E-state index in [2.05, 4.69) is 15.1 Å². The first-order chi connectivity index (χ1) is 17.6. The zero-order valence-corrected chi connectivity index (χ0v) is 19.6. The van der Waals surface area contributed by atoms with Crippen LogP contribution in [0.1, 0.15) is 24.0 Å². The summed E-state index contributed by atoms with van der Waals surface area (Å²) in [5, 5.41) is 14.0. The van der Waals surface area contributed by atoms with Gasteiger partial charge in [0.05, 0.1) is 10.9 Å². The fourth-order valence-corrected chi connectivity index (χ4v) is 4.51. The molecular formula is C25H22F5N5O2. The van der Waals surface area contributed by atoms with Crippen LogP contribution in [0, 0.1) is 11.6 Å². The first-order valence-corrected chi connectivity index (χ1v) is 11.5. The molecule has 0 saturated carbocycles. The number of aromatic nitrogens is 4. The topological polar surface area (TPSA) is 76.3 Å². The Balaban J connectivity index is 1.61. The molecule has 0 radical (unpaired) electrons. The van der Waals surface area contributed by atoms with Gasteiger partial charge in [-0.1, -0.05) is 30.3 Å². The molecular weight excluding hydrogens is 497 g/mol. The molecule has 0 atom stereocenters.